The number of fused-ring (bicyclic) bond motifs is 1. The highest BCUT2D eigenvalue weighted by molar-refractivity contribution is 7.92. The van der Waals surface area contributed by atoms with E-state index in [-0.39, 0.29) is 11.9 Å². The smallest absolute Gasteiger partial charge is 0.244 e. The normalized spacial score (nSPS) is 15.4. The monoisotopic (exact) mass is 428 g/mol. The lowest BCUT2D eigenvalue weighted by molar-refractivity contribution is -0.122. The minimum absolute atomic E-state index is 0.197. The molecule has 1 aliphatic carbocycles. The molecule has 0 aliphatic heterocycles. The van der Waals surface area contributed by atoms with E-state index in [9.17, 15) is 13.2 Å². The molecule has 0 aromatic heterocycles. The Balaban J connectivity index is 1.88. The van der Waals surface area contributed by atoms with Crippen LogP contribution in [0.5, 0.6) is 0 Å². The molecule has 5 nitrogen and oxygen atoms in total. The second kappa shape index (κ2) is 8.80. The van der Waals surface area contributed by atoms with Gasteiger partial charge in [-0.05, 0) is 80.3 Å². The summed E-state index contributed by atoms with van der Waals surface area (Å²) in [6.45, 7) is 7.57. The summed E-state index contributed by atoms with van der Waals surface area (Å²) in [5, 5.41) is 3.05. The first kappa shape index (κ1) is 22.3. The topological polar surface area (TPSA) is 66.5 Å². The van der Waals surface area contributed by atoms with Gasteiger partial charge >= 0.3 is 0 Å². The number of carbonyl (C=O) groups is 1. The lowest BCUT2D eigenvalue weighted by Crippen LogP contribution is -2.50. The van der Waals surface area contributed by atoms with Crippen molar-refractivity contribution in [3.63, 3.8) is 0 Å². The first-order chi connectivity index (χ1) is 14.1. The highest BCUT2D eigenvalue weighted by atomic mass is 32.2. The molecule has 0 bridgehead atoms. The second-order valence-corrected chi connectivity index (χ2v) is 10.2. The number of carbonyl (C=O) groups excluding carboxylic acids is 1. The first-order valence-corrected chi connectivity index (χ1v) is 12.5. The van der Waals surface area contributed by atoms with Crippen molar-refractivity contribution in [3.8, 4) is 0 Å². The molecule has 0 saturated carbocycles. The summed E-state index contributed by atoms with van der Waals surface area (Å²) in [5.74, 6) is -0.281. The SMILES string of the molecule is CCC(C(=O)NC(C)c1ccc2c(c1)CCC2)N(c1cc(C)ccc1C)S(C)(=O)=O. The van der Waals surface area contributed by atoms with Crippen LogP contribution in [0.2, 0.25) is 0 Å². The van der Waals surface area contributed by atoms with Crippen LogP contribution in [0.15, 0.2) is 36.4 Å². The Morgan fingerprint density at radius 3 is 2.47 bits per heavy atom. The molecule has 1 N–H and O–H groups in total. The average Bonchev–Trinajstić information content (AvgIpc) is 3.14. The van der Waals surface area contributed by atoms with Gasteiger partial charge in [0.05, 0.1) is 18.0 Å². The molecule has 0 radical (unpaired) electrons. The van der Waals surface area contributed by atoms with Crippen LogP contribution in [-0.2, 0) is 27.7 Å². The predicted molar refractivity (Wildman–Crippen MR) is 122 cm³/mol. The lowest BCUT2D eigenvalue weighted by Gasteiger charge is -2.32. The number of nitrogens with one attached hydrogen (secondary N) is 1. The third kappa shape index (κ3) is 4.69. The third-order valence-electron chi connectivity index (χ3n) is 5.91. The molecule has 3 rings (SSSR count). The second-order valence-electron chi connectivity index (χ2n) is 8.38. The van der Waals surface area contributed by atoms with E-state index in [1.165, 1.54) is 21.9 Å². The number of hydrogen-bond donors (Lipinski definition) is 1. The van der Waals surface area contributed by atoms with Crippen molar-refractivity contribution in [3.05, 3.63) is 64.2 Å². The fourth-order valence-corrected chi connectivity index (χ4v) is 5.51. The zero-order chi connectivity index (χ0) is 22.1. The summed E-state index contributed by atoms with van der Waals surface area (Å²) >= 11 is 0. The number of benzene rings is 2. The Morgan fingerprint density at radius 2 is 1.80 bits per heavy atom. The molecule has 1 amide bonds. The van der Waals surface area contributed by atoms with E-state index in [1.807, 2.05) is 45.9 Å². The van der Waals surface area contributed by atoms with Crippen LogP contribution in [0.25, 0.3) is 0 Å². The number of anilines is 1. The summed E-state index contributed by atoms with van der Waals surface area (Å²) in [5.41, 5.74) is 6.13. The lowest BCUT2D eigenvalue weighted by atomic mass is 10.0. The molecule has 2 atom stereocenters. The minimum atomic E-state index is -3.65. The molecule has 0 spiro atoms. The number of sulfonamides is 1. The van der Waals surface area contributed by atoms with Gasteiger partial charge < -0.3 is 5.32 Å². The van der Waals surface area contributed by atoms with Crippen LogP contribution < -0.4 is 9.62 Å². The van der Waals surface area contributed by atoms with E-state index in [2.05, 4.69) is 23.5 Å². The van der Waals surface area contributed by atoms with Gasteiger partial charge in [0.25, 0.3) is 0 Å². The van der Waals surface area contributed by atoms with Gasteiger partial charge in [0, 0.05) is 0 Å². The van der Waals surface area contributed by atoms with Gasteiger partial charge in [-0.15, -0.1) is 0 Å². The van der Waals surface area contributed by atoms with E-state index in [0.29, 0.717) is 12.1 Å². The molecule has 0 fully saturated rings. The molecule has 1 aliphatic rings. The Morgan fingerprint density at radius 1 is 1.10 bits per heavy atom. The molecule has 2 aromatic rings. The number of amides is 1. The van der Waals surface area contributed by atoms with E-state index in [1.54, 1.807) is 0 Å². The summed E-state index contributed by atoms with van der Waals surface area (Å²) in [7, 11) is -3.65. The molecule has 0 heterocycles. The fraction of sp³-hybridized carbons (Fsp3) is 0.458. The van der Waals surface area contributed by atoms with E-state index in [4.69, 9.17) is 0 Å². The van der Waals surface area contributed by atoms with Crippen LogP contribution in [0, 0.1) is 13.8 Å². The zero-order valence-electron chi connectivity index (χ0n) is 18.5. The third-order valence-corrected chi connectivity index (χ3v) is 7.08. The molecule has 162 valence electrons. The van der Waals surface area contributed by atoms with Gasteiger partial charge in [0.2, 0.25) is 15.9 Å². The van der Waals surface area contributed by atoms with Crippen LogP contribution >= 0.6 is 0 Å². The van der Waals surface area contributed by atoms with Crippen LogP contribution in [0.4, 0.5) is 5.69 Å². The number of hydrogen-bond acceptors (Lipinski definition) is 3. The van der Waals surface area contributed by atoms with Gasteiger partial charge in [0.15, 0.2) is 0 Å². The summed E-state index contributed by atoms with van der Waals surface area (Å²) < 4.78 is 26.7. The summed E-state index contributed by atoms with van der Waals surface area (Å²) in [4.78, 5) is 13.2. The number of aryl methyl sites for hydroxylation is 4. The number of nitrogens with zero attached hydrogens (tertiary/aromatic N) is 1. The Bertz CT molecular complexity index is 1050. The van der Waals surface area contributed by atoms with Crippen molar-refractivity contribution in [1.82, 2.24) is 5.32 Å². The molecular weight excluding hydrogens is 396 g/mol. The first-order valence-electron chi connectivity index (χ1n) is 10.6. The molecule has 6 heteroatoms. The highest BCUT2D eigenvalue weighted by Crippen LogP contribution is 2.29. The van der Waals surface area contributed by atoms with Gasteiger partial charge in [-0.25, -0.2) is 8.42 Å². The van der Waals surface area contributed by atoms with Crippen molar-refractivity contribution in [2.24, 2.45) is 0 Å². The number of rotatable bonds is 7. The van der Waals surface area contributed by atoms with Crippen molar-refractivity contribution in [1.29, 1.82) is 0 Å². The van der Waals surface area contributed by atoms with Crippen LogP contribution in [-0.4, -0.2) is 26.6 Å². The minimum Gasteiger partial charge on any atom is -0.348 e. The van der Waals surface area contributed by atoms with Crippen molar-refractivity contribution in [2.45, 2.75) is 65.5 Å². The maximum absolute atomic E-state index is 13.2. The Labute approximate surface area is 180 Å². The average molecular weight is 429 g/mol. The quantitative estimate of drug-likeness (QED) is 0.718. The highest BCUT2D eigenvalue weighted by Gasteiger charge is 2.33. The van der Waals surface area contributed by atoms with Gasteiger partial charge in [-0.1, -0.05) is 37.3 Å². The van der Waals surface area contributed by atoms with Gasteiger partial charge in [0.1, 0.15) is 6.04 Å². The summed E-state index contributed by atoms with van der Waals surface area (Å²) in [6.07, 6.45) is 4.91. The molecule has 30 heavy (non-hydrogen) atoms. The summed E-state index contributed by atoms with van der Waals surface area (Å²) in [6, 6.07) is 11.0. The maximum atomic E-state index is 13.2. The predicted octanol–water partition coefficient (Wildman–Crippen LogP) is 4.21. The van der Waals surface area contributed by atoms with Crippen molar-refractivity contribution >= 4 is 21.6 Å². The molecule has 2 aromatic carbocycles. The van der Waals surface area contributed by atoms with Crippen LogP contribution in [0.1, 0.15) is 60.5 Å². The fourth-order valence-electron chi connectivity index (χ4n) is 4.25. The zero-order valence-corrected chi connectivity index (χ0v) is 19.3. The standard InChI is InChI=1S/C24H32N2O3S/c1-6-22(26(30(5,28)29)23-14-16(2)10-11-17(23)3)24(27)25-18(4)20-13-12-19-8-7-9-21(19)15-20/h10-15,18,22H,6-9H2,1-5H3,(H,25,27). The van der Waals surface area contributed by atoms with Crippen molar-refractivity contribution < 1.29 is 13.2 Å². The maximum Gasteiger partial charge on any atom is 0.244 e. The molecule has 0 saturated heterocycles. The van der Waals surface area contributed by atoms with E-state index in [0.717, 1.165) is 35.8 Å². The molecule has 2 unspecified atom stereocenters. The Hall–Kier alpha value is -2.34. The van der Waals surface area contributed by atoms with Gasteiger partial charge in [-0.3, -0.25) is 9.10 Å². The van der Waals surface area contributed by atoms with Crippen LogP contribution in [0.3, 0.4) is 0 Å². The Kier molecular flexibility index (Phi) is 6.56. The molecular formula is C24H32N2O3S. The van der Waals surface area contributed by atoms with Crippen molar-refractivity contribution in [2.75, 3.05) is 10.6 Å². The van der Waals surface area contributed by atoms with E-state index < -0.39 is 16.1 Å². The van der Waals surface area contributed by atoms with Gasteiger partial charge in [-0.2, -0.15) is 0 Å². The largest absolute Gasteiger partial charge is 0.348 e. The van der Waals surface area contributed by atoms with E-state index >= 15 is 0 Å².